The molecule has 0 spiro atoms. The van der Waals surface area contributed by atoms with E-state index in [1.165, 1.54) is 10.6 Å². The van der Waals surface area contributed by atoms with Gasteiger partial charge in [-0.25, -0.2) is 0 Å². The summed E-state index contributed by atoms with van der Waals surface area (Å²) >= 11 is 1.89. The minimum Gasteiger partial charge on any atom is -0.382 e. The predicted molar refractivity (Wildman–Crippen MR) is 66.1 cm³/mol. The zero-order valence-electron chi connectivity index (χ0n) is 9.50. The first kappa shape index (κ1) is 13.3. The number of thioether (sulfide) groups is 1. The molecule has 0 saturated heterocycles. The highest BCUT2D eigenvalue weighted by Gasteiger charge is 2.06. The highest BCUT2D eigenvalue weighted by molar-refractivity contribution is 7.99. The second-order valence-electron chi connectivity index (χ2n) is 2.15. The standard InChI is InChI=1S/C7H8N2S.2C2H6/c1-2-8-5-6-7(1)10-4-3-9-6;2*1-2/h1-2,5,9H,3-4H2;2*1-2H3. The second-order valence-corrected chi connectivity index (χ2v) is 3.28. The first-order chi connectivity index (χ1) is 6.97. The third-order valence-electron chi connectivity index (χ3n) is 1.46. The molecule has 0 saturated carbocycles. The summed E-state index contributed by atoms with van der Waals surface area (Å²) < 4.78 is 0. The van der Waals surface area contributed by atoms with Gasteiger partial charge >= 0.3 is 0 Å². The van der Waals surface area contributed by atoms with E-state index in [2.05, 4.69) is 10.3 Å². The Hall–Kier alpha value is -0.700. The zero-order valence-corrected chi connectivity index (χ0v) is 10.3. The van der Waals surface area contributed by atoms with Crippen molar-refractivity contribution in [2.24, 2.45) is 0 Å². The molecular weight excluding hydrogens is 192 g/mol. The number of nitrogens with one attached hydrogen (secondary N) is 1. The second kappa shape index (κ2) is 8.88. The van der Waals surface area contributed by atoms with E-state index < -0.39 is 0 Å². The van der Waals surface area contributed by atoms with Crippen LogP contribution in [0.3, 0.4) is 0 Å². The first-order valence-corrected chi connectivity index (χ1v) is 6.26. The van der Waals surface area contributed by atoms with Gasteiger partial charge in [0.15, 0.2) is 0 Å². The Morgan fingerprint density at radius 3 is 2.64 bits per heavy atom. The van der Waals surface area contributed by atoms with Crippen molar-refractivity contribution in [1.82, 2.24) is 4.98 Å². The Labute approximate surface area is 91.5 Å². The lowest BCUT2D eigenvalue weighted by Crippen LogP contribution is -2.09. The normalized spacial score (nSPS) is 12.0. The lowest BCUT2D eigenvalue weighted by atomic mass is 10.4. The summed E-state index contributed by atoms with van der Waals surface area (Å²) in [6.07, 6.45) is 3.71. The van der Waals surface area contributed by atoms with Crippen LogP contribution in [0.4, 0.5) is 5.69 Å². The molecule has 0 atom stereocenters. The van der Waals surface area contributed by atoms with Crippen molar-refractivity contribution >= 4 is 17.4 Å². The quantitative estimate of drug-likeness (QED) is 0.710. The lowest BCUT2D eigenvalue weighted by Gasteiger charge is -2.15. The summed E-state index contributed by atoms with van der Waals surface area (Å²) in [6.45, 7) is 9.06. The minimum atomic E-state index is 1.06. The summed E-state index contributed by atoms with van der Waals surface area (Å²) in [7, 11) is 0. The molecule has 2 rings (SSSR count). The molecule has 0 bridgehead atoms. The Bertz CT molecular complexity index is 213. The molecule has 0 aromatic carbocycles. The van der Waals surface area contributed by atoms with Crippen LogP contribution in [0.1, 0.15) is 27.7 Å². The van der Waals surface area contributed by atoms with Gasteiger partial charge in [-0.1, -0.05) is 27.7 Å². The van der Waals surface area contributed by atoms with E-state index in [-0.39, 0.29) is 0 Å². The van der Waals surface area contributed by atoms with Gasteiger partial charge in [0.2, 0.25) is 0 Å². The van der Waals surface area contributed by atoms with E-state index in [0.717, 1.165) is 12.3 Å². The number of hydrogen-bond acceptors (Lipinski definition) is 3. The molecule has 0 radical (unpaired) electrons. The van der Waals surface area contributed by atoms with Crippen molar-refractivity contribution in [1.29, 1.82) is 0 Å². The zero-order chi connectivity index (χ0) is 10.8. The van der Waals surface area contributed by atoms with E-state index in [4.69, 9.17) is 0 Å². The summed E-state index contributed by atoms with van der Waals surface area (Å²) in [6, 6.07) is 2.05. The number of aromatic nitrogens is 1. The molecule has 0 fully saturated rings. The smallest absolute Gasteiger partial charge is 0.0665 e. The van der Waals surface area contributed by atoms with E-state index in [9.17, 15) is 0 Å². The molecule has 14 heavy (non-hydrogen) atoms. The molecule has 1 aliphatic rings. The van der Waals surface area contributed by atoms with Gasteiger partial charge in [0.25, 0.3) is 0 Å². The van der Waals surface area contributed by atoms with Crippen LogP contribution in [0.5, 0.6) is 0 Å². The average Bonchev–Trinajstić information content (AvgIpc) is 2.34. The van der Waals surface area contributed by atoms with E-state index in [0.29, 0.717) is 0 Å². The van der Waals surface area contributed by atoms with Gasteiger partial charge in [0.05, 0.1) is 11.9 Å². The summed E-state index contributed by atoms with van der Waals surface area (Å²) in [5.41, 5.74) is 1.18. The Morgan fingerprint density at radius 2 is 2.00 bits per heavy atom. The third-order valence-corrected chi connectivity index (χ3v) is 2.53. The maximum atomic E-state index is 4.02. The average molecular weight is 212 g/mol. The number of hydrogen-bond donors (Lipinski definition) is 1. The highest BCUT2D eigenvalue weighted by Crippen LogP contribution is 2.28. The van der Waals surface area contributed by atoms with Crippen LogP contribution in [-0.4, -0.2) is 17.3 Å². The topological polar surface area (TPSA) is 24.9 Å². The number of rotatable bonds is 0. The molecule has 0 unspecified atom stereocenters. The van der Waals surface area contributed by atoms with Gasteiger partial charge in [-0.05, 0) is 6.07 Å². The molecule has 2 heterocycles. The fraction of sp³-hybridized carbons (Fsp3) is 0.545. The van der Waals surface area contributed by atoms with E-state index >= 15 is 0 Å². The number of anilines is 1. The van der Waals surface area contributed by atoms with Gasteiger partial charge in [-0.3, -0.25) is 4.98 Å². The minimum absolute atomic E-state index is 1.06. The van der Waals surface area contributed by atoms with Crippen molar-refractivity contribution in [2.75, 3.05) is 17.6 Å². The molecule has 1 aromatic rings. The lowest BCUT2D eigenvalue weighted by molar-refractivity contribution is 1.14. The predicted octanol–water partition coefficient (Wildman–Crippen LogP) is 3.65. The van der Waals surface area contributed by atoms with Crippen LogP contribution in [0.25, 0.3) is 0 Å². The van der Waals surface area contributed by atoms with Crippen LogP contribution < -0.4 is 5.32 Å². The summed E-state index contributed by atoms with van der Waals surface area (Å²) in [5, 5.41) is 3.28. The van der Waals surface area contributed by atoms with E-state index in [1.807, 2.05) is 57.9 Å². The van der Waals surface area contributed by atoms with Gasteiger partial charge in [0.1, 0.15) is 0 Å². The molecule has 0 aliphatic carbocycles. The molecule has 1 aromatic heterocycles. The Balaban J connectivity index is 0.000000379. The molecule has 1 N–H and O–H groups in total. The fourth-order valence-corrected chi connectivity index (χ4v) is 1.85. The number of pyridine rings is 1. The highest BCUT2D eigenvalue weighted by atomic mass is 32.2. The number of fused-ring (bicyclic) bond motifs is 1. The molecule has 80 valence electrons. The molecule has 1 aliphatic heterocycles. The molecular formula is C11H20N2S. The SMILES string of the molecule is CC.CC.c1cc2c(cn1)NCCS2. The third kappa shape index (κ3) is 4.01. The van der Waals surface area contributed by atoms with Gasteiger partial charge in [-0.15, -0.1) is 11.8 Å². The van der Waals surface area contributed by atoms with Crippen LogP contribution in [0.2, 0.25) is 0 Å². The van der Waals surface area contributed by atoms with Crippen LogP contribution in [0, 0.1) is 0 Å². The van der Waals surface area contributed by atoms with Crippen LogP contribution in [-0.2, 0) is 0 Å². The van der Waals surface area contributed by atoms with Crippen molar-refractivity contribution < 1.29 is 0 Å². The van der Waals surface area contributed by atoms with Crippen LogP contribution >= 0.6 is 11.8 Å². The summed E-state index contributed by atoms with van der Waals surface area (Å²) in [4.78, 5) is 5.34. The van der Waals surface area contributed by atoms with E-state index in [1.54, 1.807) is 0 Å². The van der Waals surface area contributed by atoms with Crippen molar-refractivity contribution in [3.05, 3.63) is 18.5 Å². The van der Waals surface area contributed by atoms with Gasteiger partial charge in [-0.2, -0.15) is 0 Å². The maximum Gasteiger partial charge on any atom is 0.0665 e. The number of nitrogens with zero attached hydrogens (tertiary/aromatic N) is 1. The summed E-state index contributed by atoms with van der Waals surface area (Å²) in [5.74, 6) is 1.16. The monoisotopic (exact) mass is 212 g/mol. The van der Waals surface area contributed by atoms with Gasteiger partial charge in [0, 0.05) is 23.4 Å². The molecule has 0 amide bonds. The maximum absolute atomic E-state index is 4.02. The first-order valence-electron chi connectivity index (χ1n) is 5.27. The van der Waals surface area contributed by atoms with Gasteiger partial charge < -0.3 is 5.32 Å². The Morgan fingerprint density at radius 1 is 1.29 bits per heavy atom. The Kier molecular flexibility index (Phi) is 8.43. The van der Waals surface area contributed by atoms with Crippen molar-refractivity contribution in [3.63, 3.8) is 0 Å². The van der Waals surface area contributed by atoms with Crippen molar-refractivity contribution in [2.45, 2.75) is 32.6 Å². The van der Waals surface area contributed by atoms with Crippen molar-refractivity contribution in [3.8, 4) is 0 Å². The molecule has 2 nitrogen and oxygen atoms in total. The molecule has 3 heteroatoms. The fourth-order valence-electron chi connectivity index (χ4n) is 0.987. The largest absolute Gasteiger partial charge is 0.382 e. The van der Waals surface area contributed by atoms with Crippen LogP contribution in [0.15, 0.2) is 23.4 Å².